The predicted molar refractivity (Wildman–Crippen MR) is 145 cm³/mol. The summed E-state index contributed by atoms with van der Waals surface area (Å²) < 4.78 is 47.7. The lowest BCUT2D eigenvalue weighted by Crippen LogP contribution is -2.42. The van der Waals surface area contributed by atoms with Gasteiger partial charge in [-0.2, -0.15) is 15.1 Å². The number of hydrogen-bond donors (Lipinski definition) is 4. The number of nitrogen functional groups attached to an aromatic ring is 1. The molecule has 1 saturated heterocycles. The molecule has 2 aliphatic rings. The van der Waals surface area contributed by atoms with Gasteiger partial charge in [0.1, 0.15) is 24.0 Å². The number of aliphatic hydroxyl groups is 1. The van der Waals surface area contributed by atoms with Gasteiger partial charge < -0.3 is 30.1 Å². The van der Waals surface area contributed by atoms with Gasteiger partial charge in [-0.15, -0.1) is 6.42 Å². The van der Waals surface area contributed by atoms with E-state index in [1.807, 2.05) is 17.9 Å². The molecule has 0 spiro atoms. The normalized spacial score (nSPS) is 26.3. The van der Waals surface area contributed by atoms with Gasteiger partial charge in [0.2, 0.25) is 11.6 Å². The summed E-state index contributed by atoms with van der Waals surface area (Å²) in [5.41, 5.74) is 3.62. The van der Waals surface area contributed by atoms with Crippen LogP contribution in [0.5, 0.6) is 5.75 Å². The minimum absolute atomic E-state index is 0.0806. The maximum Gasteiger partial charge on any atom is 0.459 e. The van der Waals surface area contributed by atoms with E-state index in [1.54, 1.807) is 18.2 Å². The van der Waals surface area contributed by atoms with E-state index in [2.05, 4.69) is 20.0 Å². The number of carboxylic acid groups (broad SMARTS) is 1. The molecule has 2 fully saturated rings. The van der Waals surface area contributed by atoms with Crippen LogP contribution in [-0.2, 0) is 18.6 Å². The van der Waals surface area contributed by atoms with Crippen molar-refractivity contribution < 1.29 is 37.7 Å². The van der Waals surface area contributed by atoms with E-state index in [0.29, 0.717) is 11.3 Å². The van der Waals surface area contributed by atoms with Crippen LogP contribution in [0.3, 0.4) is 0 Å². The van der Waals surface area contributed by atoms with Crippen LogP contribution in [0.15, 0.2) is 36.7 Å². The van der Waals surface area contributed by atoms with Crippen molar-refractivity contribution in [3.05, 3.63) is 36.7 Å². The first kappa shape index (κ1) is 28.7. The van der Waals surface area contributed by atoms with Gasteiger partial charge in [0, 0.05) is 13.1 Å². The molecule has 16 heteroatoms. The van der Waals surface area contributed by atoms with Crippen LogP contribution in [-0.4, -0.2) is 79.3 Å². The number of aliphatic hydroxyl groups excluding tert-OH is 1. The number of imidazole rings is 1. The van der Waals surface area contributed by atoms with E-state index in [4.69, 9.17) is 25.9 Å². The lowest BCUT2D eigenvalue weighted by Gasteiger charge is -2.24. The monoisotopic (exact) mass is 589 g/mol. The highest BCUT2D eigenvalue weighted by atomic mass is 31.2. The Morgan fingerprint density at radius 1 is 1.41 bits per heavy atom. The van der Waals surface area contributed by atoms with Crippen molar-refractivity contribution in [3.63, 3.8) is 0 Å². The minimum atomic E-state index is -4.39. The first-order chi connectivity index (χ1) is 19.5. The molecule has 3 aromatic rings. The Hall–Kier alpha value is -3.80. The fourth-order valence-corrected chi connectivity index (χ4v) is 5.96. The van der Waals surface area contributed by atoms with Gasteiger partial charge in [0.05, 0.1) is 12.9 Å². The number of aliphatic carboxylic acids is 1. The number of terminal acetylenes is 1. The Labute approximate surface area is 234 Å². The van der Waals surface area contributed by atoms with E-state index >= 15 is 4.39 Å². The molecule has 3 heterocycles. The summed E-state index contributed by atoms with van der Waals surface area (Å²) in [6, 6.07) is 6.80. The molecule has 0 radical (unpaired) electrons. The molecule has 1 aliphatic heterocycles. The van der Waals surface area contributed by atoms with Crippen LogP contribution in [0.2, 0.25) is 0 Å². The lowest BCUT2D eigenvalue weighted by molar-refractivity contribution is -0.138. The van der Waals surface area contributed by atoms with Gasteiger partial charge in [0.15, 0.2) is 23.2 Å². The molecule has 1 unspecified atom stereocenters. The van der Waals surface area contributed by atoms with Crippen molar-refractivity contribution in [1.82, 2.24) is 24.6 Å². The SMILES string of the molecule is C#C[C@@]1(F)[C@H](O)[C@@H](COP(=O)(N[C@@H](C)C(=O)O)Oc2ccccc2)O[C@H]1n1cnc2c(N(C)C3CC3)nc(N)nc21. The number of nitrogens with two attached hydrogens (primary N) is 1. The number of nitrogens with one attached hydrogen (secondary N) is 1. The number of benzene rings is 1. The summed E-state index contributed by atoms with van der Waals surface area (Å²) in [7, 11) is -2.54. The summed E-state index contributed by atoms with van der Waals surface area (Å²) in [6.45, 7) is 0.551. The number of fused-ring (bicyclic) bond motifs is 1. The topological polar surface area (TPSA) is 187 Å². The van der Waals surface area contributed by atoms with E-state index in [0.717, 1.165) is 12.8 Å². The van der Waals surface area contributed by atoms with Gasteiger partial charge in [0.25, 0.3) is 0 Å². The molecule has 14 nitrogen and oxygen atoms in total. The van der Waals surface area contributed by atoms with E-state index in [9.17, 15) is 19.6 Å². The quantitative estimate of drug-likeness (QED) is 0.188. The Kier molecular flexibility index (Phi) is 7.62. The number of carbonyl (C=O) groups is 1. The molecule has 5 rings (SSSR count). The zero-order valence-electron chi connectivity index (χ0n) is 22.1. The second-order valence-electron chi connectivity index (χ2n) is 9.84. The molecule has 5 N–H and O–H groups in total. The van der Waals surface area contributed by atoms with Crippen molar-refractivity contribution in [3.8, 4) is 18.1 Å². The third-order valence-corrected chi connectivity index (χ3v) is 8.51. The third kappa shape index (κ3) is 5.57. The fraction of sp³-hybridized carbons (Fsp3) is 0.440. The van der Waals surface area contributed by atoms with Crippen LogP contribution >= 0.6 is 7.75 Å². The van der Waals surface area contributed by atoms with Gasteiger partial charge >= 0.3 is 13.7 Å². The number of alkyl halides is 1. The third-order valence-electron chi connectivity index (χ3n) is 6.87. The van der Waals surface area contributed by atoms with Crippen LogP contribution < -0.4 is 20.2 Å². The van der Waals surface area contributed by atoms with Crippen LogP contribution in [0.1, 0.15) is 26.0 Å². The molecular formula is C25H29FN7O7P. The second kappa shape index (κ2) is 10.9. The molecule has 1 aromatic carbocycles. The lowest BCUT2D eigenvalue weighted by atomic mass is 9.97. The largest absolute Gasteiger partial charge is 0.480 e. The van der Waals surface area contributed by atoms with Gasteiger partial charge in [-0.25, -0.2) is 13.9 Å². The van der Waals surface area contributed by atoms with Gasteiger partial charge in [-0.3, -0.25) is 13.9 Å². The second-order valence-corrected chi connectivity index (χ2v) is 11.5. The molecule has 1 saturated carbocycles. The zero-order valence-corrected chi connectivity index (χ0v) is 23.0. The van der Waals surface area contributed by atoms with Gasteiger partial charge in [-0.05, 0) is 31.9 Å². The maximum atomic E-state index is 16.2. The first-order valence-corrected chi connectivity index (χ1v) is 14.2. The summed E-state index contributed by atoms with van der Waals surface area (Å²) in [5, 5.41) is 22.5. The molecule has 1 aliphatic carbocycles. The fourth-order valence-electron chi connectivity index (χ4n) is 4.46. The number of anilines is 2. The first-order valence-electron chi connectivity index (χ1n) is 12.7. The molecule has 0 bridgehead atoms. The van der Waals surface area contributed by atoms with E-state index in [1.165, 1.54) is 30.0 Å². The Bertz CT molecular complexity index is 1530. The summed E-state index contributed by atoms with van der Waals surface area (Å²) >= 11 is 0. The van der Waals surface area contributed by atoms with E-state index in [-0.39, 0.29) is 23.4 Å². The number of para-hydroxylation sites is 1. The Morgan fingerprint density at radius 2 is 2.12 bits per heavy atom. The average molecular weight is 590 g/mol. The Balaban J connectivity index is 1.42. The summed E-state index contributed by atoms with van der Waals surface area (Å²) in [4.78, 5) is 26.2. The van der Waals surface area contributed by atoms with Crippen molar-refractivity contribution in [2.75, 3.05) is 24.3 Å². The standard InChI is InChI=1S/C25H29FN7O7P/c1-4-25(26)19(34)17(12-38-41(37,31-14(2)22(35)36)40-16-8-6-5-7-9-16)39-23(25)33-13-28-18-20(32(3)15-10-11-15)29-24(27)30-21(18)33/h1,5-9,13-15,17,19,23,34H,10-12H2,2-3H3,(H,31,37)(H,35,36)(H2,27,29,30)/t14-,17+,19+,23+,25+,41?/m0/s1. The highest BCUT2D eigenvalue weighted by molar-refractivity contribution is 7.52. The average Bonchev–Trinajstić information content (AvgIpc) is 3.66. The van der Waals surface area contributed by atoms with Crippen LogP contribution in [0.4, 0.5) is 16.2 Å². The summed E-state index contributed by atoms with van der Waals surface area (Å²) in [5.74, 6) is 1.13. The molecule has 6 atom stereocenters. The van der Waals surface area contributed by atoms with Crippen molar-refractivity contribution in [1.29, 1.82) is 0 Å². The molecule has 41 heavy (non-hydrogen) atoms. The van der Waals surface area contributed by atoms with E-state index < -0.39 is 50.5 Å². The highest BCUT2D eigenvalue weighted by Gasteiger charge is 2.58. The zero-order chi connectivity index (χ0) is 29.5. The number of halogens is 1. The molecule has 218 valence electrons. The number of ether oxygens (including phenoxy) is 1. The molecule has 0 amide bonds. The Morgan fingerprint density at radius 3 is 2.76 bits per heavy atom. The molecular weight excluding hydrogens is 560 g/mol. The van der Waals surface area contributed by atoms with Crippen LogP contribution in [0.25, 0.3) is 11.2 Å². The number of aromatic nitrogens is 4. The number of nitrogens with zero attached hydrogens (tertiary/aromatic N) is 5. The van der Waals surface area contributed by atoms with Gasteiger partial charge in [-0.1, -0.05) is 24.1 Å². The highest BCUT2D eigenvalue weighted by Crippen LogP contribution is 2.48. The number of carboxylic acids is 1. The van der Waals surface area contributed by atoms with Crippen molar-refractivity contribution in [2.45, 2.75) is 56.0 Å². The summed E-state index contributed by atoms with van der Waals surface area (Å²) in [6.07, 6.45) is 3.71. The maximum absolute atomic E-state index is 16.2. The minimum Gasteiger partial charge on any atom is -0.480 e. The predicted octanol–water partition coefficient (Wildman–Crippen LogP) is 1.87. The van der Waals surface area contributed by atoms with Crippen molar-refractivity contribution in [2.24, 2.45) is 0 Å². The van der Waals surface area contributed by atoms with Crippen molar-refractivity contribution >= 4 is 36.6 Å². The number of rotatable bonds is 11. The number of hydrogen-bond acceptors (Lipinski definition) is 11. The molecule has 2 aromatic heterocycles. The smallest absolute Gasteiger partial charge is 0.459 e. The van der Waals surface area contributed by atoms with Crippen LogP contribution in [0, 0.1) is 12.3 Å².